The molecule has 0 aliphatic rings. The van der Waals surface area contributed by atoms with Gasteiger partial charge in [0.25, 0.3) is 0 Å². The number of unbranched alkanes of at least 4 members (excludes halogenated alkanes) is 1. The third kappa shape index (κ3) is 4.85. The number of benzene rings is 1. The van der Waals surface area contributed by atoms with E-state index in [-0.39, 0.29) is 12.0 Å². The van der Waals surface area contributed by atoms with E-state index >= 15 is 0 Å². The molecule has 4 nitrogen and oxygen atoms in total. The Morgan fingerprint density at radius 1 is 1.35 bits per heavy atom. The average molecular weight is 279 g/mol. The van der Waals surface area contributed by atoms with Gasteiger partial charge in [0.15, 0.2) is 0 Å². The van der Waals surface area contributed by atoms with Crippen LogP contribution in [-0.2, 0) is 16.1 Å². The van der Waals surface area contributed by atoms with Gasteiger partial charge in [-0.3, -0.25) is 9.69 Å². The molecule has 0 bridgehead atoms. The van der Waals surface area contributed by atoms with Crippen LogP contribution in [0.2, 0.25) is 0 Å². The van der Waals surface area contributed by atoms with Crippen molar-refractivity contribution >= 4 is 5.97 Å². The Morgan fingerprint density at radius 2 is 2.10 bits per heavy atom. The highest BCUT2D eigenvalue weighted by Gasteiger charge is 2.23. The Hall–Kier alpha value is -1.55. The third-order valence-corrected chi connectivity index (χ3v) is 3.40. The second-order valence-electron chi connectivity index (χ2n) is 4.95. The Morgan fingerprint density at radius 3 is 2.70 bits per heavy atom. The first-order chi connectivity index (χ1) is 9.62. The summed E-state index contributed by atoms with van der Waals surface area (Å²) >= 11 is 0. The molecule has 0 fully saturated rings. The Labute approximate surface area is 121 Å². The van der Waals surface area contributed by atoms with Crippen LogP contribution in [0, 0.1) is 0 Å². The van der Waals surface area contributed by atoms with Crippen molar-refractivity contribution in [1.29, 1.82) is 0 Å². The molecule has 0 N–H and O–H groups in total. The number of methoxy groups -OCH3 is 2. The van der Waals surface area contributed by atoms with E-state index in [2.05, 4.69) is 6.92 Å². The van der Waals surface area contributed by atoms with Gasteiger partial charge >= 0.3 is 5.97 Å². The maximum Gasteiger partial charge on any atom is 0.323 e. The molecule has 0 heterocycles. The summed E-state index contributed by atoms with van der Waals surface area (Å²) in [5.41, 5.74) is 1.12. The van der Waals surface area contributed by atoms with Crippen LogP contribution < -0.4 is 4.74 Å². The lowest BCUT2D eigenvalue weighted by molar-refractivity contribution is -0.147. The number of carbonyl (C=O) groups is 1. The second-order valence-corrected chi connectivity index (χ2v) is 4.95. The summed E-state index contributed by atoms with van der Waals surface area (Å²) in [6.45, 7) is 2.82. The summed E-state index contributed by atoms with van der Waals surface area (Å²) < 4.78 is 10.1. The first-order valence-electron chi connectivity index (χ1n) is 7.03. The Kier molecular flexibility index (Phi) is 7.09. The van der Waals surface area contributed by atoms with Crippen LogP contribution >= 0.6 is 0 Å². The van der Waals surface area contributed by atoms with Crippen molar-refractivity contribution in [3.63, 3.8) is 0 Å². The van der Waals surface area contributed by atoms with Crippen molar-refractivity contribution in [2.45, 2.75) is 38.8 Å². The molecular formula is C16H25NO3. The molecule has 0 aromatic heterocycles. The van der Waals surface area contributed by atoms with Crippen LogP contribution in [0.25, 0.3) is 0 Å². The van der Waals surface area contributed by atoms with Crippen LogP contribution in [0.4, 0.5) is 0 Å². The standard InChI is InChI=1S/C16H25NO3/c1-5-6-10-15(16(18)20-4)17(2)12-13-8-7-9-14(11-13)19-3/h7-9,11,15H,5-6,10,12H2,1-4H3. The van der Waals surface area contributed by atoms with Gasteiger partial charge in [0.05, 0.1) is 14.2 Å². The normalized spacial score (nSPS) is 12.2. The van der Waals surface area contributed by atoms with Crippen molar-refractivity contribution in [2.24, 2.45) is 0 Å². The number of carbonyl (C=O) groups excluding carboxylic acids is 1. The van der Waals surface area contributed by atoms with Gasteiger partial charge < -0.3 is 9.47 Å². The number of esters is 1. The van der Waals surface area contributed by atoms with Crippen molar-refractivity contribution < 1.29 is 14.3 Å². The van der Waals surface area contributed by atoms with Crippen LogP contribution in [-0.4, -0.2) is 38.2 Å². The topological polar surface area (TPSA) is 38.8 Å². The van der Waals surface area contributed by atoms with Crippen molar-refractivity contribution in [3.8, 4) is 5.75 Å². The molecule has 0 amide bonds. The van der Waals surface area contributed by atoms with E-state index in [1.807, 2.05) is 36.2 Å². The summed E-state index contributed by atoms with van der Waals surface area (Å²) in [4.78, 5) is 13.9. The molecule has 0 aliphatic heterocycles. The maximum atomic E-state index is 11.9. The van der Waals surface area contributed by atoms with Gasteiger partial charge in [0, 0.05) is 6.54 Å². The quantitative estimate of drug-likeness (QED) is 0.686. The van der Waals surface area contributed by atoms with Gasteiger partial charge in [-0.1, -0.05) is 31.9 Å². The smallest absolute Gasteiger partial charge is 0.323 e. The Balaban J connectivity index is 2.73. The summed E-state index contributed by atoms with van der Waals surface area (Å²) in [5, 5.41) is 0. The minimum Gasteiger partial charge on any atom is -0.497 e. The first-order valence-corrected chi connectivity index (χ1v) is 7.03. The van der Waals surface area contributed by atoms with Crippen LogP contribution in [0.5, 0.6) is 5.75 Å². The largest absolute Gasteiger partial charge is 0.497 e. The van der Waals surface area contributed by atoms with Crippen LogP contribution in [0.15, 0.2) is 24.3 Å². The Bertz CT molecular complexity index is 420. The molecule has 1 rings (SSSR count). The molecule has 1 aromatic rings. The minimum absolute atomic E-state index is 0.163. The third-order valence-electron chi connectivity index (χ3n) is 3.40. The second kappa shape index (κ2) is 8.59. The van der Waals surface area contributed by atoms with E-state index in [1.54, 1.807) is 7.11 Å². The van der Waals surface area contributed by atoms with Crippen LogP contribution in [0.3, 0.4) is 0 Å². The molecular weight excluding hydrogens is 254 g/mol. The molecule has 1 unspecified atom stereocenters. The van der Waals surface area contributed by atoms with Crippen LogP contribution in [0.1, 0.15) is 31.7 Å². The molecule has 0 spiro atoms. The average Bonchev–Trinajstić information content (AvgIpc) is 2.47. The van der Waals surface area contributed by atoms with Gasteiger partial charge in [0.2, 0.25) is 0 Å². The lowest BCUT2D eigenvalue weighted by Gasteiger charge is -2.26. The fourth-order valence-electron chi connectivity index (χ4n) is 2.22. The number of hydrogen-bond donors (Lipinski definition) is 0. The molecule has 0 saturated heterocycles. The fraction of sp³-hybridized carbons (Fsp3) is 0.562. The van der Waals surface area contributed by atoms with Crippen molar-refractivity contribution in [1.82, 2.24) is 4.90 Å². The van der Waals surface area contributed by atoms with E-state index in [4.69, 9.17) is 9.47 Å². The van der Waals surface area contributed by atoms with Gasteiger partial charge in [-0.25, -0.2) is 0 Å². The molecule has 0 saturated carbocycles. The molecule has 112 valence electrons. The zero-order valence-electron chi connectivity index (χ0n) is 12.9. The van der Waals surface area contributed by atoms with E-state index in [0.717, 1.165) is 30.6 Å². The summed E-state index contributed by atoms with van der Waals surface area (Å²) in [7, 11) is 5.05. The van der Waals surface area contributed by atoms with E-state index in [1.165, 1.54) is 7.11 Å². The molecule has 1 atom stereocenters. The summed E-state index contributed by atoms with van der Waals surface area (Å²) in [5.74, 6) is 0.669. The van der Waals surface area contributed by atoms with Gasteiger partial charge in [-0.15, -0.1) is 0 Å². The number of ether oxygens (including phenoxy) is 2. The number of rotatable bonds is 8. The predicted octanol–water partition coefficient (Wildman–Crippen LogP) is 2.86. The predicted molar refractivity (Wildman–Crippen MR) is 79.8 cm³/mol. The molecule has 4 heteroatoms. The molecule has 0 aliphatic carbocycles. The lowest BCUT2D eigenvalue weighted by atomic mass is 10.1. The molecule has 1 aromatic carbocycles. The van der Waals surface area contributed by atoms with E-state index in [0.29, 0.717) is 6.54 Å². The number of nitrogens with zero attached hydrogens (tertiary/aromatic N) is 1. The number of likely N-dealkylation sites (N-methyl/N-ethyl adjacent to an activating group) is 1. The zero-order valence-corrected chi connectivity index (χ0v) is 12.9. The molecule has 0 radical (unpaired) electrons. The van der Waals surface area contributed by atoms with Gasteiger partial charge in [-0.05, 0) is 31.2 Å². The van der Waals surface area contributed by atoms with E-state index in [9.17, 15) is 4.79 Å². The zero-order chi connectivity index (χ0) is 15.0. The first kappa shape index (κ1) is 16.5. The SMILES string of the molecule is CCCCC(C(=O)OC)N(C)Cc1cccc(OC)c1. The van der Waals surface area contributed by atoms with Crippen molar-refractivity contribution in [3.05, 3.63) is 29.8 Å². The summed E-state index contributed by atoms with van der Waals surface area (Å²) in [6, 6.07) is 7.71. The number of hydrogen-bond acceptors (Lipinski definition) is 4. The fourth-order valence-corrected chi connectivity index (χ4v) is 2.22. The highest BCUT2D eigenvalue weighted by atomic mass is 16.5. The monoisotopic (exact) mass is 279 g/mol. The van der Waals surface area contributed by atoms with E-state index < -0.39 is 0 Å². The van der Waals surface area contributed by atoms with Gasteiger partial charge in [0.1, 0.15) is 11.8 Å². The molecule has 20 heavy (non-hydrogen) atoms. The van der Waals surface area contributed by atoms with Gasteiger partial charge in [-0.2, -0.15) is 0 Å². The minimum atomic E-state index is -0.189. The maximum absolute atomic E-state index is 11.9. The highest BCUT2D eigenvalue weighted by Crippen LogP contribution is 2.17. The summed E-state index contributed by atoms with van der Waals surface area (Å²) in [6.07, 6.45) is 2.91. The van der Waals surface area contributed by atoms with Crippen molar-refractivity contribution in [2.75, 3.05) is 21.3 Å². The highest BCUT2D eigenvalue weighted by molar-refractivity contribution is 5.75. The lowest BCUT2D eigenvalue weighted by Crippen LogP contribution is -2.38.